The van der Waals surface area contributed by atoms with Crippen molar-refractivity contribution in [1.82, 2.24) is 0 Å². The van der Waals surface area contributed by atoms with Crippen LogP contribution in [0.25, 0.3) is 0 Å². The molecule has 38 heavy (non-hydrogen) atoms. The first-order valence-electron chi connectivity index (χ1n) is 13.3. The van der Waals surface area contributed by atoms with Crippen molar-refractivity contribution in [1.29, 1.82) is 0 Å². The fraction of sp³-hybridized carbons (Fsp3) is 0.387. The van der Waals surface area contributed by atoms with E-state index in [0.29, 0.717) is 12.8 Å². The summed E-state index contributed by atoms with van der Waals surface area (Å²) in [4.78, 5) is 13.3. The standard InChI is InChI=1S/C31H37O5PS/c1-24(32)22-37(26-13-7-4-8-14-26,27-15-9-5-10-16-27,28-17-11-6-12-18-28)36-38(34,35)23-31-20-19-25(21-29(31)33)30(31,2)3/h4-18,24-25,32H,19-23H2,1-3H3/t24?,25-,31+/m1/s1. The average molecular weight is 553 g/mol. The second-order valence-corrected chi connectivity index (χ2v) is 18.0. The number of aliphatic hydroxyl groups is 1. The van der Waals surface area contributed by atoms with E-state index in [1.807, 2.05) is 105 Å². The molecule has 0 radical (unpaired) electrons. The number of carbonyl (C=O) groups excluding carboxylic acids is 1. The summed E-state index contributed by atoms with van der Waals surface area (Å²) >= 11 is 0. The number of ketones is 1. The van der Waals surface area contributed by atoms with Crippen LogP contribution in [0, 0.1) is 16.7 Å². The molecule has 1 unspecified atom stereocenters. The maximum atomic E-state index is 14.5. The predicted octanol–water partition coefficient (Wildman–Crippen LogP) is 4.55. The van der Waals surface area contributed by atoms with Crippen LogP contribution in [0.1, 0.15) is 40.0 Å². The van der Waals surface area contributed by atoms with Gasteiger partial charge in [0.05, 0.1) is 0 Å². The molecular formula is C31H37O5PS. The van der Waals surface area contributed by atoms with Crippen molar-refractivity contribution < 1.29 is 22.3 Å². The van der Waals surface area contributed by atoms with Gasteiger partial charge in [-0.1, -0.05) is 0 Å². The zero-order valence-electron chi connectivity index (χ0n) is 22.3. The summed E-state index contributed by atoms with van der Waals surface area (Å²) in [5.41, 5.74) is -1.39. The average Bonchev–Trinajstić information content (AvgIpc) is 3.23. The van der Waals surface area contributed by atoms with Gasteiger partial charge in [-0.05, 0) is 0 Å². The fourth-order valence-electron chi connectivity index (χ4n) is 7.34. The molecule has 0 saturated heterocycles. The molecule has 5 rings (SSSR count). The maximum absolute atomic E-state index is 14.5. The zero-order chi connectivity index (χ0) is 27.3. The van der Waals surface area contributed by atoms with E-state index in [0.717, 1.165) is 22.3 Å². The molecule has 0 aromatic heterocycles. The van der Waals surface area contributed by atoms with E-state index in [4.69, 9.17) is 3.97 Å². The van der Waals surface area contributed by atoms with Gasteiger partial charge >= 0.3 is 227 Å². The van der Waals surface area contributed by atoms with Crippen LogP contribution in [-0.4, -0.2) is 37.3 Å². The third-order valence-electron chi connectivity index (χ3n) is 9.36. The molecule has 3 aromatic carbocycles. The van der Waals surface area contributed by atoms with Gasteiger partial charge in [-0.25, -0.2) is 0 Å². The van der Waals surface area contributed by atoms with E-state index in [1.54, 1.807) is 6.92 Å². The number of carbonyl (C=O) groups is 1. The van der Waals surface area contributed by atoms with Crippen molar-refractivity contribution in [2.45, 2.75) is 46.1 Å². The second-order valence-electron chi connectivity index (χ2n) is 11.7. The normalized spacial score (nSPS) is 24.6. The summed E-state index contributed by atoms with van der Waals surface area (Å²) in [6, 6.07) is 28.4. The van der Waals surface area contributed by atoms with E-state index in [-0.39, 0.29) is 23.6 Å². The zero-order valence-corrected chi connectivity index (χ0v) is 24.0. The Morgan fingerprint density at radius 2 is 1.34 bits per heavy atom. The van der Waals surface area contributed by atoms with Gasteiger partial charge in [-0.15, -0.1) is 0 Å². The molecule has 0 spiro atoms. The van der Waals surface area contributed by atoms with Gasteiger partial charge in [0.15, 0.2) is 0 Å². The Morgan fingerprint density at radius 3 is 1.68 bits per heavy atom. The molecule has 3 aromatic rings. The quantitative estimate of drug-likeness (QED) is 0.394. The van der Waals surface area contributed by atoms with Gasteiger partial charge in [0, 0.05) is 0 Å². The minimum atomic E-state index is -4.33. The number of rotatable bonds is 9. The number of benzene rings is 3. The number of hydrogen-bond donors (Lipinski definition) is 1. The molecule has 5 nitrogen and oxygen atoms in total. The van der Waals surface area contributed by atoms with E-state index < -0.39 is 33.9 Å². The molecule has 2 aliphatic rings. The third-order valence-corrected chi connectivity index (χ3v) is 17.8. The van der Waals surface area contributed by atoms with E-state index in [1.165, 1.54) is 0 Å². The Labute approximate surface area is 226 Å². The summed E-state index contributed by atoms with van der Waals surface area (Å²) in [6.07, 6.45) is 1.04. The summed E-state index contributed by atoms with van der Waals surface area (Å²) in [5.74, 6) is -0.136. The Bertz CT molecular complexity index is 1320. The van der Waals surface area contributed by atoms with Crippen molar-refractivity contribution in [3.05, 3.63) is 91.0 Å². The molecule has 0 amide bonds. The van der Waals surface area contributed by atoms with Crippen molar-refractivity contribution >= 4 is 38.6 Å². The first-order valence-corrected chi connectivity index (χ1v) is 17.2. The van der Waals surface area contributed by atoms with Crippen molar-refractivity contribution in [3.8, 4) is 0 Å². The Hall–Kier alpha value is -2.37. The van der Waals surface area contributed by atoms with Gasteiger partial charge in [0.2, 0.25) is 0 Å². The third kappa shape index (κ3) is 3.92. The van der Waals surface area contributed by atoms with Crippen LogP contribution in [0.15, 0.2) is 91.0 Å². The molecule has 3 atom stereocenters. The molecule has 2 aliphatic carbocycles. The van der Waals surface area contributed by atoms with E-state index in [2.05, 4.69) is 0 Å². The first kappa shape index (κ1) is 27.2. The van der Waals surface area contributed by atoms with Gasteiger partial charge < -0.3 is 0 Å². The molecular weight excluding hydrogens is 515 g/mol. The van der Waals surface area contributed by atoms with Gasteiger partial charge in [-0.2, -0.15) is 0 Å². The molecule has 2 fully saturated rings. The topological polar surface area (TPSA) is 80.7 Å². The van der Waals surface area contributed by atoms with Crippen LogP contribution in [0.2, 0.25) is 0 Å². The van der Waals surface area contributed by atoms with Crippen LogP contribution >= 0.6 is 6.83 Å². The number of fused-ring (bicyclic) bond motifs is 2. The summed E-state index contributed by atoms with van der Waals surface area (Å²) in [5, 5.41) is 13.2. The first-order chi connectivity index (χ1) is 18.0. The van der Waals surface area contributed by atoms with Gasteiger partial charge in [0.25, 0.3) is 0 Å². The van der Waals surface area contributed by atoms with Crippen LogP contribution in [0.5, 0.6) is 0 Å². The van der Waals surface area contributed by atoms with Crippen LogP contribution in [-0.2, 0) is 18.9 Å². The molecule has 0 aliphatic heterocycles. The fourth-order valence-corrected chi connectivity index (χ4v) is 17.1. The van der Waals surface area contributed by atoms with Crippen molar-refractivity contribution in [2.75, 3.05) is 11.9 Å². The van der Waals surface area contributed by atoms with Gasteiger partial charge in [0.1, 0.15) is 0 Å². The molecule has 1 N–H and O–H groups in total. The molecule has 0 heterocycles. The van der Waals surface area contributed by atoms with Crippen molar-refractivity contribution in [3.63, 3.8) is 0 Å². The Morgan fingerprint density at radius 1 is 0.895 bits per heavy atom. The minimum absolute atomic E-state index is 0.0286. The molecule has 2 saturated carbocycles. The summed E-state index contributed by atoms with van der Waals surface area (Å²) in [6.45, 7) is 1.42. The second kappa shape index (κ2) is 9.38. The summed E-state index contributed by atoms with van der Waals surface area (Å²) in [7, 11) is -4.29. The van der Waals surface area contributed by atoms with Crippen molar-refractivity contribution in [2.24, 2.45) is 16.7 Å². The summed E-state index contributed by atoms with van der Waals surface area (Å²) < 4.78 is 35.8. The molecule has 2 bridgehead atoms. The molecule has 202 valence electrons. The number of aliphatic hydroxyl groups excluding tert-OH is 1. The number of Topliss-reactive ketones (excluding diaryl/α,β-unsaturated/α-hetero) is 1. The van der Waals surface area contributed by atoms with Gasteiger partial charge in [-0.3, -0.25) is 0 Å². The van der Waals surface area contributed by atoms with E-state index >= 15 is 0 Å². The predicted molar refractivity (Wildman–Crippen MR) is 155 cm³/mol. The molecule has 7 heteroatoms. The SMILES string of the molecule is CC(O)CP(OS(=O)(=O)C[C@@]12CC[C@H](CC1=O)C2(C)C)(c1ccccc1)(c1ccccc1)c1ccccc1. The van der Waals surface area contributed by atoms with Crippen LogP contribution in [0.3, 0.4) is 0 Å². The van der Waals surface area contributed by atoms with Crippen LogP contribution in [0.4, 0.5) is 0 Å². The Kier molecular flexibility index (Phi) is 6.71. The number of hydrogen-bond acceptors (Lipinski definition) is 5. The Balaban J connectivity index is 1.81. The van der Waals surface area contributed by atoms with Crippen LogP contribution < -0.4 is 15.9 Å². The van der Waals surface area contributed by atoms with E-state index in [9.17, 15) is 18.3 Å². The monoisotopic (exact) mass is 552 g/mol.